The van der Waals surface area contributed by atoms with E-state index >= 15 is 0 Å². The van der Waals surface area contributed by atoms with E-state index in [2.05, 4.69) is 17.2 Å². The minimum absolute atomic E-state index is 0.573. The van der Waals surface area contributed by atoms with Crippen molar-refractivity contribution >= 4 is 11.5 Å². The van der Waals surface area contributed by atoms with Crippen LogP contribution in [0.4, 0.5) is 11.5 Å². The Balaban J connectivity index is 2.05. The lowest BCUT2D eigenvalue weighted by Gasteiger charge is -2.32. The molecule has 3 heteroatoms. The molecule has 94 valence electrons. The second-order valence-corrected chi connectivity index (χ2v) is 5.13. The largest absolute Gasteiger partial charge is 0.398 e. The van der Waals surface area contributed by atoms with Crippen LogP contribution in [0, 0.1) is 12.8 Å². The van der Waals surface area contributed by atoms with Gasteiger partial charge in [-0.3, -0.25) is 0 Å². The zero-order valence-electron chi connectivity index (χ0n) is 10.9. The number of hydrogen-bond acceptors (Lipinski definition) is 3. The maximum Gasteiger partial charge on any atom is 0.128 e. The molecule has 0 radical (unpaired) electrons. The van der Waals surface area contributed by atoms with Gasteiger partial charge in [0.15, 0.2) is 0 Å². The lowest BCUT2D eigenvalue weighted by Crippen LogP contribution is -2.32. The van der Waals surface area contributed by atoms with Crippen molar-refractivity contribution in [2.45, 2.75) is 52.0 Å². The van der Waals surface area contributed by atoms with Crippen LogP contribution in [0.25, 0.3) is 0 Å². The molecule has 0 amide bonds. The topological polar surface area (TPSA) is 50.9 Å². The molecule has 0 saturated heterocycles. The van der Waals surface area contributed by atoms with Crippen LogP contribution in [0.5, 0.6) is 0 Å². The molecule has 1 aliphatic carbocycles. The second kappa shape index (κ2) is 5.39. The Bertz CT molecular complexity index is 376. The van der Waals surface area contributed by atoms with E-state index in [-0.39, 0.29) is 0 Å². The first-order valence-electron chi connectivity index (χ1n) is 6.69. The van der Waals surface area contributed by atoms with Crippen molar-refractivity contribution in [3.05, 3.63) is 17.8 Å². The molecule has 0 aliphatic heterocycles. The molecule has 3 nitrogen and oxygen atoms in total. The molecule has 1 aliphatic rings. The van der Waals surface area contributed by atoms with Gasteiger partial charge in [-0.25, -0.2) is 4.98 Å². The van der Waals surface area contributed by atoms with Crippen molar-refractivity contribution in [3.63, 3.8) is 0 Å². The number of aromatic nitrogens is 1. The van der Waals surface area contributed by atoms with Crippen LogP contribution in [-0.2, 0) is 0 Å². The summed E-state index contributed by atoms with van der Waals surface area (Å²) in [6.07, 6.45) is 8.40. The highest BCUT2D eigenvalue weighted by molar-refractivity contribution is 5.53. The Morgan fingerprint density at radius 3 is 2.88 bits per heavy atom. The zero-order valence-corrected chi connectivity index (χ0v) is 10.9. The highest BCUT2D eigenvalue weighted by Crippen LogP contribution is 2.29. The van der Waals surface area contributed by atoms with Crippen LogP contribution in [0.15, 0.2) is 12.3 Å². The van der Waals surface area contributed by atoms with Crippen LogP contribution < -0.4 is 11.1 Å². The van der Waals surface area contributed by atoms with Gasteiger partial charge >= 0.3 is 0 Å². The van der Waals surface area contributed by atoms with Crippen molar-refractivity contribution in [3.8, 4) is 0 Å². The molecule has 3 N–H and O–H groups in total. The Morgan fingerprint density at radius 1 is 1.41 bits per heavy atom. The molecule has 0 spiro atoms. The summed E-state index contributed by atoms with van der Waals surface area (Å²) in [5.41, 5.74) is 7.79. The standard InChI is InChI=1S/C14H23N3/c1-3-11-6-4-5-7-13(11)17-14-8-12(15)10(2)9-16-14/h8-9,11,13H,3-7H2,1-2H3,(H3,15,16,17). The summed E-state index contributed by atoms with van der Waals surface area (Å²) >= 11 is 0. The third-order valence-electron chi connectivity index (χ3n) is 3.91. The number of nitrogens with two attached hydrogens (primary N) is 1. The molecular weight excluding hydrogens is 210 g/mol. The third kappa shape index (κ3) is 2.90. The average Bonchev–Trinajstić information content (AvgIpc) is 2.34. The smallest absolute Gasteiger partial charge is 0.128 e. The van der Waals surface area contributed by atoms with Crippen molar-refractivity contribution in [1.29, 1.82) is 0 Å². The Hall–Kier alpha value is -1.25. The van der Waals surface area contributed by atoms with Gasteiger partial charge in [-0.05, 0) is 31.2 Å². The number of nitrogen functional groups attached to an aromatic ring is 1. The first-order valence-corrected chi connectivity index (χ1v) is 6.69. The minimum atomic E-state index is 0.573. The zero-order chi connectivity index (χ0) is 12.3. The summed E-state index contributed by atoms with van der Waals surface area (Å²) in [6.45, 7) is 4.27. The van der Waals surface area contributed by atoms with E-state index in [4.69, 9.17) is 5.73 Å². The maximum absolute atomic E-state index is 5.91. The third-order valence-corrected chi connectivity index (χ3v) is 3.91. The molecule has 0 bridgehead atoms. The average molecular weight is 233 g/mol. The van der Waals surface area contributed by atoms with Crippen molar-refractivity contribution < 1.29 is 0 Å². The van der Waals surface area contributed by atoms with Crippen LogP contribution in [-0.4, -0.2) is 11.0 Å². The number of nitrogens with zero attached hydrogens (tertiary/aromatic N) is 1. The predicted octanol–water partition coefficient (Wildman–Crippen LogP) is 3.35. The fourth-order valence-corrected chi connectivity index (χ4v) is 2.69. The predicted molar refractivity (Wildman–Crippen MR) is 73.0 cm³/mol. The van der Waals surface area contributed by atoms with Crippen molar-refractivity contribution in [2.24, 2.45) is 5.92 Å². The lowest BCUT2D eigenvalue weighted by atomic mass is 9.83. The number of pyridine rings is 1. The number of anilines is 2. The Kier molecular flexibility index (Phi) is 3.87. The monoisotopic (exact) mass is 233 g/mol. The summed E-state index contributed by atoms with van der Waals surface area (Å²) in [5, 5.41) is 3.56. The van der Waals surface area contributed by atoms with Gasteiger partial charge in [0.25, 0.3) is 0 Å². The molecular formula is C14H23N3. The van der Waals surface area contributed by atoms with Crippen molar-refractivity contribution in [2.75, 3.05) is 11.1 Å². The molecule has 1 heterocycles. The number of rotatable bonds is 3. The Morgan fingerprint density at radius 2 is 2.18 bits per heavy atom. The molecule has 2 unspecified atom stereocenters. The van der Waals surface area contributed by atoms with Gasteiger partial charge in [0.05, 0.1) is 0 Å². The summed E-state index contributed by atoms with van der Waals surface area (Å²) in [7, 11) is 0. The van der Waals surface area contributed by atoms with Gasteiger partial charge in [0.1, 0.15) is 5.82 Å². The quantitative estimate of drug-likeness (QED) is 0.841. The van der Waals surface area contributed by atoms with Gasteiger partial charge in [-0.15, -0.1) is 0 Å². The fourth-order valence-electron chi connectivity index (χ4n) is 2.69. The van der Waals surface area contributed by atoms with E-state index in [9.17, 15) is 0 Å². The fraction of sp³-hybridized carbons (Fsp3) is 0.643. The summed E-state index contributed by atoms with van der Waals surface area (Å²) in [5.74, 6) is 1.71. The maximum atomic E-state index is 5.91. The van der Waals surface area contributed by atoms with Crippen LogP contribution in [0.1, 0.15) is 44.6 Å². The molecule has 1 fully saturated rings. The first kappa shape index (κ1) is 12.2. The Labute approximate surface area is 104 Å². The lowest BCUT2D eigenvalue weighted by molar-refractivity contribution is 0.317. The normalized spacial score (nSPS) is 24.6. The van der Waals surface area contributed by atoms with Gasteiger partial charge in [0.2, 0.25) is 0 Å². The van der Waals surface area contributed by atoms with Crippen LogP contribution in [0.3, 0.4) is 0 Å². The van der Waals surface area contributed by atoms with Gasteiger partial charge in [0, 0.05) is 24.0 Å². The number of hydrogen-bond donors (Lipinski definition) is 2. The van der Waals surface area contributed by atoms with Gasteiger partial charge < -0.3 is 11.1 Å². The number of aryl methyl sites for hydroxylation is 1. The molecule has 1 aromatic rings. The highest BCUT2D eigenvalue weighted by Gasteiger charge is 2.23. The highest BCUT2D eigenvalue weighted by atomic mass is 15.0. The van der Waals surface area contributed by atoms with Gasteiger partial charge in [-0.1, -0.05) is 26.2 Å². The van der Waals surface area contributed by atoms with E-state index in [1.54, 1.807) is 0 Å². The van der Waals surface area contributed by atoms with E-state index < -0.39 is 0 Å². The van der Waals surface area contributed by atoms with E-state index in [1.807, 2.05) is 19.2 Å². The minimum Gasteiger partial charge on any atom is -0.398 e. The molecule has 0 aromatic carbocycles. The molecule has 17 heavy (non-hydrogen) atoms. The summed E-state index contributed by atoms with van der Waals surface area (Å²) in [6, 6.07) is 2.53. The van der Waals surface area contributed by atoms with Crippen LogP contribution >= 0.6 is 0 Å². The number of nitrogens with one attached hydrogen (secondary N) is 1. The van der Waals surface area contributed by atoms with E-state index in [0.717, 1.165) is 23.0 Å². The molecule has 1 aromatic heterocycles. The van der Waals surface area contributed by atoms with Crippen LogP contribution in [0.2, 0.25) is 0 Å². The van der Waals surface area contributed by atoms with Crippen molar-refractivity contribution in [1.82, 2.24) is 4.98 Å². The molecule has 2 rings (SSSR count). The second-order valence-electron chi connectivity index (χ2n) is 5.13. The summed E-state index contributed by atoms with van der Waals surface area (Å²) in [4.78, 5) is 4.41. The van der Waals surface area contributed by atoms with Gasteiger partial charge in [-0.2, -0.15) is 0 Å². The first-order chi connectivity index (χ1) is 8.20. The summed E-state index contributed by atoms with van der Waals surface area (Å²) < 4.78 is 0. The molecule has 2 atom stereocenters. The van der Waals surface area contributed by atoms with E-state index in [0.29, 0.717) is 6.04 Å². The molecule has 1 saturated carbocycles. The SMILES string of the molecule is CCC1CCCCC1Nc1cc(N)c(C)cn1. The van der Waals surface area contributed by atoms with E-state index in [1.165, 1.54) is 32.1 Å².